The highest BCUT2D eigenvalue weighted by atomic mass is 19.1. The van der Waals surface area contributed by atoms with Gasteiger partial charge in [-0.2, -0.15) is 0 Å². The Bertz CT molecular complexity index is 428. The van der Waals surface area contributed by atoms with Gasteiger partial charge < -0.3 is 15.5 Å². The van der Waals surface area contributed by atoms with E-state index in [1.54, 1.807) is 12.1 Å². The summed E-state index contributed by atoms with van der Waals surface area (Å²) in [6.45, 7) is 9.10. The van der Waals surface area contributed by atoms with Crippen molar-refractivity contribution in [2.75, 3.05) is 37.6 Å². The summed E-state index contributed by atoms with van der Waals surface area (Å²) in [5, 5.41) is 0. The molecule has 0 aliphatic carbocycles. The predicted octanol–water partition coefficient (Wildman–Crippen LogP) is 2.25. The number of likely N-dealkylation sites (N-methyl/N-ethyl adjacent to an activating group) is 1. The second-order valence-corrected chi connectivity index (χ2v) is 5.54. The van der Waals surface area contributed by atoms with Crippen molar-refractivity contribution >= 4 is 5.69 Å². The number of nitrogens with zero attached hydrogens (tertiary/aromatic N) is 2. The van der Waals surface area contributed by atoms with Crippen molar-refractivity contribution in [2.24, 2.45) is 5.73 Å². The molecule has 1 aliphatic heterocycles. The van der Waals surface area contributed by atoms with Gasteiger partial charge in [0.25, 0.3) is 0 Å². The number of anilines is 1. The number of nitrogens with two attached hydrogens (primary N) is 1. The Hall–Kier alpha value is -1.13. The third-order valence-electron chi connectivity index (χ3n) is 4.21. The van der Waals surface area contributed by atoms with Gasteiger partial charge in [0.15, 0.2) is 0 Å². The summed E-state index contributed by atoms with van der Waals surface area (Å²) in [5.74, 6) is -0.115. The van der Waals surface area contributed by atoms with Crippen molar-refractivity contribution in [1.82, 2.24) is 4.90 Å². The Morgan fingerprint density at radius 2 is 1.90 bits per heavy atom. The summed E-state index contributed by atoms with van der Waals surface area (Å²) in [6.07, 6.45) is 1.66. The van der Waals surface area contributed by atoms with Crippen molar-refractivity contribution < 1.29 is 4.39 Å². The first-order valence-electron chi connectivity index (χ1n) is 7.66. The van der Waals surface area contributed by atoms with E-state index in [1.807, 2.05) is 6.07 Å². The van der Waals surface area contributed by atoms with Crippen LogP contribution in [0, 0.1) is 5.82 Å². The maximum absolute atomic E-state index is 14.3. The number of halogens is 1. The molecule has 1 unspecified atom stereocenters. The lowest BCUT2D eigenvalue weighted by Crippen LogP contribution is -2.46. The molecule has 1 aliphatic rings. The molecule has 1 atom stereocenters. The van der Waals surface area contributed by atoms with Gasteiger partial charge in [-0.25, -0.2) is 4.39 Å². The van der Waals surface area contributed by atoms with Crippen LogP contribution in [-0.2, 0) is 6.42 Å². The summed E-state index contributed by atoms with van der Waals surface area (Å²) < 4.78 is 14.3. The maximum Gasteiger partial charge on any atom is 0.146 e. The van der Waals surface area contributed by atoms with E-state index in [1.165, 1.54) is 0 Å². The molecule has 2 rings (SSSR count). The first-order chi connectivity index (χ1) is 9.65. The molecule has 1 heterocycles. The standard InChI is InChI=1S/C16H26FN3/c1-3-14(18)12-13-6-5-7-15(17)16(13)20-10-8-19(4-2)9-11-20/h5-7,14H,3-4,8-12,18H2,1-2H3. The van der Waals surface area contributed by atoms with E-state index in [-0.39, 0.29) is 11.9 Å². The number of benzene rings is 1. The fourth-order valence-corrected chi connectivity index (χ4v) is 2.79. The van der Waals surface area contributed by atoms with Gasteiger partial charge in [-0.1, -0.05) is 26.0 Å². The highest BCUT2D eigenvalue weighted by Gasteiger charge is 2.21. The van der Waals surface area contributed by atoms with Gasteiger partial charge >= 0.3 is 0 Å². The molecular formula is C16H26FN3. The summed E-state index contributed by atoms with van der Waals surface area (Å²) in [5.41, 5.74) is 7.86. The maximum atomic E-state index is 14.3. The van der Waals surface area contributed by atoms with E-state index in [0.29, 0.717) is 0 Å². The Kier molecular flexibility index (Phi) is 5.38. The fourth-order valence-electron chi connectivity index (χ4n) is 2.79. The lowest BCUT2D eigenvalue weighted by atomic mass is 10.0. The molecule has 1 aromatic rings. The molecule has 0 spiro atoms. The second-order valence-electron chi connectivity index (χ2n) is 5.54. The van der Waals surface area contributed by atoms with Gasteiger partial charge in [-0.15, -0.1) is 0 Å². The molecule has 0 aromatic heterocycles. The molecule has 3 nitrogen and oxygen atoms in total. The molecule has 112 valence electrons. The average molecular weight is 279 g/mol. The van der Waals surface area contributed by atoms with Crippen LogP contribution in [0.3, 0.4) is 0 Å². The van der Waals surface area contributed by atoms with Gasteiger partial charge in [0, 0.05) is 32.2 Å². The third-order valence-corrected chi connectivity index (χ3v) is 4.21. The molecule has 0 saturated carbocycles. The topological polar surface area (TPSA) is 32.5 Å². The van der Waals surface area contributed by atoms with Crippen LogP contribution in [0.4, 0.5) is 10.1 Å². The molecule has 1 fully saturated rings. The van der Waals surface area contributed by atoms with Gasteiger partial charge in [0.2, 0.25) is 0 Å². The number of rotatable bonds is 5. The van der Waals surface area contributed by atoms with Gasteiger partial charge in [0.05, 0.1) is 5.69 Å². The molecule has 0 amide bonds. The summed E-state index contributed by atoms with van der Waals surface area (Å²) >= 11 is 0. The number of piperazine rings is 1. The zero-order chi connectivity index (χ0) is 14.5. The normalized spacial score (nSPS) is 18.3. The number of hydrogen-bond acceptors (Lipinski definition) is 3. The second kappa shape index (κ2) is 7.04. The summed E-state index contributed by atoms with van der Waals surface area (Å²) in [6, 6.07) is 5.47. The molecule has 1 saturated heterocycles. The van der Waals surface area contributed by atoms with Gasteiger partial charge in [0.1, 0.15) is 5.82 Å². The lowest BCUT2D eigenvalue weighted by molar-refractivity contribution is 0.270. The van der Waals surface area contributed by atoms with Crippen LogP contribution in [-0.4, -0.2) is 43.7 Å². The van der Waals surface area contributed by atoms with Gasteiger partial charge in [-0.05, 0) is 31.0 Å². The van der Waals surface area contributed by atoms with Crippen molar-refractivity contribution in [2.45, 2.75) is 32.7 Å². The Morgan fingerprint density at radius 3 is 2.50 bits per heavy atom. The highest BCUT2D eigenvalue weighted by molar-refractivity contribution is 5.55. The van der Waals surface area contributed by atoms with E-state index in [4.69, 9.17) is 5.73 Å². The van der Waals surface area contributed by atoms with Crippen LogP contribution in [0.15, 0.2) is 18.2 Å². The van der Waals surface area contributed by atoms with E-state index >= 15 is 0 Å². The molecule has 20 heavy (non-hydrogen) atoms. The molecule has 2 N–H and O–H groups in total. The van der Waals surface area contributed by atoms with E-state index in [2.05, 4.69) is 23.6 Å². The molecule has 0 radical (unpaired) electrons. The monoisotopic (exact) mass is 279 g/mol. The quantitative estimate of drug-likeness (QED) is 0.897. The zero-order valence-electron chi connectivity index (χ0n) is 12.6. The Labute approximate surface area is 121 Å². The minimum Gasteiger partial charge on any atom is -0.366 e. The SMILES string of the molecule is CCC(N)Cc1cccc(F)c1N1CCN(CC)CC1. The minimum atomic E-state index is -0.115. The van der Waals surface area contributed by atoms with Crippen LogP contribution in [0.1, 0.15) is 25.8 Å². The zero-order valence-corrected chi connectivity index (χ0v) is 12.6. The van der Waals surface area contributed by atoms with Crippen LogP contribution >= 0.6 is 0 Å². The smallest absolute Gasteiger partial charge is 0.146 e. The van der Waals surface area contributed by atoms with Crippen molar-refractivity contribution in [3.8, 4) is 0 Å². The minimum absolute atomic E-state index is 0.104. The summed E-state index contributed by atoms with van der Waals surface area (Å²) in [4.78, 5) is 4.58. The van der Waals surface area contributed by atoms with Crippen LogP contribution in [0.5, 0.6) is 0 Å². The van der Waals surface area contributed by atoms with Crippen LogP contribution in [0.2, 0.25) is 0 Å². The average Bonchev–Trinajstić information content (AvgIpc) is 2.47. The number of para-hydroxylation sites is 1. The van der Waals surface area contributed by atoms with Crippen molar-refractivity contribution in [1.29, 1.82) is 0 Å². The van der Waals surface area contributed by atoms with Crippen LogP contribution in [0.25, 0.3) is 0 Å². The number of hydrogen-bond donors (Lipinski definition) is 1. The van der Waals surface area contributed by atoms with E-state index in [9.17, 15) is 4.39 Å². The van der Waals surface area contributed by atoms with E-state index in [0.717, 1.165) is 56.8 Å². The predicted molar refractivity (Wildman–Crippen MR) is 82.7 cm³/mol. The molecule has 1 aromatic carbocycles. The molecule has 4 heteroatoms. The van der Waals surface area contributed by atoms with E-state index < -0.39 is 0 Å². The Balaban J connectivity index is 2.17. The largest absolute Gasteiger partial charge is 0.366 e. The lowest BCUT2D eigenvalue weighted by Gasteiger charge is -2.36. The highest BCUT2D eigenvalue weighted by Crippen LogP contribution is 2.27. The first-order valence-corrected chi connectivity index (χ1v) is 7.66. The summed E-state index contributed by atoms with van der Waals surface area (Å²) in [7, 11) is 0. The molecular weight excluding hydrogens is 253 g/mol. The third kappa shape index (κ3) is 3.49. The molecule has 0 bridgehead atoms. The van der Waals surface area contributed by atoms with Crippen LogP contribution < -0.4 is 10.6 Å². The van der Waals surface area contributed by atoms with Gasteiger partial charge in [-0.3, -0.25) is 0 Å². The first kappa shape index (κ1) is 15.3. The van der Waals surface area contributed by atoms with Crippen molar-refractivity contribution in [3.05, 3.63) is 29.6 Å². The Morgan fingerprint density at radius 1 is 1.20 bits per heavy atom. The van der Waals surface area contributed by atoms with Crippen molar-refractivity contribution in [3.63, 3.8) is 0 Å². The fraction of sp³-hybridized carbons (Fsp3) is 0.625.